The molecule has 2 aliphatic heterocycles. The second-order valence-electron chi connectivity index (χ2n) is 8.38. The van der Waals surface area contributed by atoms with Crippen molar-refractivity contribution in [2.45, 2.75) is 19.5 Å². The van der Waals surface area contributed by atoms with E-state index < -0.39 is 0 Å². The Morgan fingerprint density at radius 1 is 1.11 bits per heavy atom. The van der Waals surface area contributed by atoms with E-state index in [9.17, 15) is 9.18 Å². The first-order valence-corrected chi connectivity index (χ1v) is 9.94. The summed E-state index contributed by atoms with van der Waals surface area (Å²) in [5.74, 6) is 0.665. The van der Waals surface area contributed by atoms with E-state index in [-0.39, 0.29) is 17.9 Å². The Morgan fingerprint density at radius 3 is 2.61 bits per heavy atom. The molecule has 2 aromatic rings. The van der Waals surface area contributed by atoms with Crippen molar-refractivity contribution in [1.29, 1.82) is 0 Å². The number of rotatable bonds is 3. The second-order valence-corrected chi connectivity index (χ2v) is 8.38. The Morgan fingerprint density at radius 2 is 1.89 bits per heavy atom. The lowest BCUT2D eigenvalue weighted by Gasteiger charge is -2.32. The average Bonchev–Trinajstić information content (AvgIpc) is 3.18. The first-order chi connectivity index (χ1) is 13.4. The van der Waals surface area contributed by atoms with Gasteiger partial charge in [-0.05, 0) is 41.7 Å². The van der Waals surface area contributed by atoms with Gasteiger partial charge in [-0.15, -0.1) is 0 Å². The Bertz CT molecular complexity index is 868. The van der Waals surface area contributed by atoms with Crippen molar-refractivity contribution in [3.63, 3.8) is 0 Å². The maximum Gasteiger partial charge on any atom is 0.320 e. The van der Waals surface area contributed by atoms with Crippen LogP contribution in [0.4, 0.5) is 9.18 Å². The number of hydrogen-bond acceptors (Lipinski definition) is 2. The highest BCUT2D eigenvalue weighted by Crippen LogP contribution is 2.46. The fourth-order valence-corrected chi connectivity index (χ4v) is 4.93. The molecule has 0 radical (unpaired) electrons. The van der Waals surface area contributed by atoms with E-state index in [0.717, 1.165) is 31.7 Å². The van der Waals surface area contributed by atoms with Gasteiger partial charge in [-0.1, -0.05) is 36.4 Å². The molecule has 3 atom stereocenters. The fourth-order valence-electron chi connectivity index (χ4n) is 4.93. The molecular formula is C23H28FN3O. The molecule has 2 fully saturated rings. The number of halogens is 1. The minimum Gasteiger partial charge on any atom is -0.331 e. The number of carbonyl (C=O) groups is 1. The Labute approximate surface area is 166 Å². The molecule has 2 saturated heterocycles. The van der Waals surface area contributed by atoms with Gasteiger partial charge >= 0.3 is 6.03 Å². The molecule has 148 valence electrons. The van der Waals surface area contributed by atoms with Crippen LogP contribution in [0, 0.1) is 24.6 Å². The van der Waals surface area contributed by atoms with E-state index in [0.29, 0.717) is 11.8 Å². The highest BCUT2D eigenvalue weighted by Gasteiger charge is 2.49. The molecule has 2 aromatic carbocycles. The van der Waals surface area contributed by atoms with Crippen molar-refractivity contribution in [3.8, 4) is 0 Å². The Balaban J connectivity index is 1.58. The van der Waals surface area contributed by atoms with Crippen LogP contribution in [0.3, 0.4) is 0 Å². The molecule has 5 heteroatoms. The van der Waals surface area contributed by atoms with Gasteiger partial charge in [0.1, 0.15) is 5.82 Å². The quantitative estimate of drug-likeness (QED) is 0.806. The molecule has 0 saturated carbocycles. The van der Waals surface area contributed by atoms with Gasteiger partial charge in [0.25, 0.3) is 0 Å². The van der Waals surface area contributed by atoms with E-state index in [1.54, 1.807) is 17.0 Å². The summed E-state index contributed by atoms with van der Waals surface area (Å²) in [6.07, 6.45) is 0. The smallest absolute Gasteiger partial charge is 0.320 e. The van der Waals surface area contributed by atoms with Crippen LogP contribution in [0.5, 0.6) is 0 Å². The van der Waals surface area contributed by atoms with Crippen molar-refractivity contribution >= 4 is 6.03 Å². The summed E-state index contributed by atoms with van der Waals surface area (Å²) in [6, 6.07) is 15.4. The van der Waals surface area contributed by atoms with Gasteiger partial charge in [0.05, 0.1) is 6.04 Å². The lowest BCUT2D eigenvalue weighted by Crippen LogP contribution is -2.41. The molecule has 28 heavy (non-hydrogen) atoms. The summed E-state index contributed by atoms with van der Waals surface area (Å²) in [6.45, 7) is 5.53. The zero-order valence-electron chi connectivity index (χ0n) is 16.8. The summed E-state index contributed by atoms with van der Waals surface area (Å²) in [5, 5.41) is 0. The van der Waals surface area contributed by atoms with Gasteiger partial charge in [0.2, 0.25) is 0 Å². The molecular weight excluding hydrogens is 353 g/mol. The summed E-state index contributed by atoms with van der Waals surface area (Å²) in [7, 11) is 3.64. The van der Waals surface area contributed by atoms with Crippen molar-refractivity contribution in [3.05, 3.63) is 71.0 Å². The van der Waals surface area contributed by atoms with Crippen molar-refractivity contribution < 1.29 is 9.18 Å². The van der Waals surface area contributed by atoms with Crippen LogP contribution >= 0.6 is 0 Å². The predicted octanol–water partition coefficient (Wildman–Crippen LogP) is 3.92. The fraction of sp³-hybridized carbons (Fsp3) is 0.435. The number of likely N-dealkylation sites (tertiary alicyclic amines) is 2. The summed E-state index contributed by atoms with van der Waals surface area (Å²) in [5.41, 5.74) is 3.49. The average molecular weight is 381 g/mol. The third kappa shape index (κ3) is 3.51. The first kappa shape index (κ1) is 18.9. The van der Waals surface area contributed by atoms with Crippen molar-refractivity contribution in [2.24, 2.45) is 11.8 Å². The van der Waals surface area contributed by atoms with E-state index in [1.165, 1.54) is 17.2 Å². The lowest BCUT2D eigenvalue weighted by atomic mass is 9.88. The van der Waals surface area contributed by atoms with Crippen molar-refractivity contribution in [2.75, 3.05) is 33.7 Å². The molecule has 2 amide bonds. The van der Waals surface area contributed by atoms with Gasteiger partial charge in [-0.3, -0.25) is 4.90 Å². The van der Waals surface area contributed by atoms with Gasteiger partial charge in [-0.25, -0.2) is 9.18 Å². The van der Waals surface area contributed by atoms with E-state index in [4.69, 9.17) is 0 Å². The van der Waals surface area contributed by atoms with E-state index >= 15 is 0 Å². The monoisotopic (exact) mass is 381 g/mol. The number of fused-ring (bicyclic) bond motifs is 1. The molecule has 4 nitrogen and oxygen atoms in total. The van der Waals surface area contributed by atoms with Gasteiger partial charge in [0.15, 0.2) is 0 Å². The van der Waals surface area contributed by atoms with Crippen molar-refractivity contribution in [1.82, 2.24) is 14.7 Å². The minimum atomic E-state index is -0.183. The summed E-state index contributed by atoms with van der Waals surface area (Å²) >= 11 is 0. The molecule has 0 aromatic heterocycles. The molecule has 4 rings (SSSR count). The van der Waals surface area contributed by atoms with Crippen LogP contribution in [0.15, 0.2) is 48.5 Å². The third-order valence-corrected chi connectivity index (χ3v) is 6.17. The molecule has 2 heterocycles. The number of urea groups is 1. The zero-order chi connectivity index (χ0) is 19.8. The maximum absolute atomic E-state index is 13.5. The highest BCUT2D eigenvalue weighted by molar-refractivity contribution is 5.75. The molecule has 0 bridgehead atoms. The summed E-state index contributed by atoms with van der Waals surface area (Å²) in [4.78, 5) is 19.0. The van der Waals surface area contributed by atoms with E-state index in [2.05, 4.69) is 34.9 Å². The molecule has 2 aliphatic rings. The topological polar surface area (TPSA) is 26.8 Å². The first-order valence-electron chi connectivity index (χ1n) is 9.94. The Hall–Kier alpha value is -2.40. The summed E-state index contributed by atoms with van der Waals surface area (Å²) < 4.78 is 13.5. The molecule has 0 aliphatic carbocycles. The van der Waals surface area contributed by atoms with Crippen LogP contribution in [0.2, 0.25) is 0 Å². The van der Waals surface area contributed by atoms with Crippen LogP contribution < -0.4 is 0 Å². The van der Waals surface area contributed by atoms with Crippen LogP contribution in [0.25, 0.3) is 0 Å². The Kier molecular flexibility index (Phi) is 5.11. The number of nitrogens with zero attached hydrogens (tertiary/aromatic N) is 3. The standard InChI is InChI=1S/C23H28FN3O/c1-16-7-4-5-10-20(16)22-21-15-26(12-17-8-6-9-19(24)11-17)13-18(21)14-27(22)23(28)25(2)3/h4-11,18,21-22H,12-15H2,1-3H3/t18-,21-,22+/m1/s1. The number of amides is 2. The van der Waals surface area contributed by atoms with Gasteiger partial charge in [-0.2, -0.15) is 0 Å². The predicted molar refractivity (Wildman–Crippen MR) is 108 cm³/mol. The molecule has 0 unspecified atom stereocenters. The normalized spacial score (nSPS) is 24.4. The number of carbonyl (C=O) groups excluding carboxylic acids is 1. The highest BCUT2D eigenvalue weighted by atomic mass is 19.1. The number of aryl methyl sites for hydroxylation is 1. The molecule has 0 N–H and O–H groups in total. The maximum atomic E-state index is 13.5. The SMILES string of the molecule is Cc1ccccc1[C@H]1[C@@H]2CN(Cc3cccc(F)c3)C[C@@H]2CN1C(=O)N(C)C. The largest absolute Gasteiger partial charge is 0.331 e. The lowest BCUT2D eigenvalue weighted by molar-refractivity contribution is 0.151. The number of hydrogen-bond donors (Lipinski definition) is 0. The number of benzene rings is 2. The zero-order valence-corrected chi connectivity index (χ0v) is 16.8. The van der Waals surface area contributed by atoms with Gasteiger partial charge in [0, 0.05) is 46.2 Å². The van der Waals surface area contributed by atoms with Crippen LogP contribution in [-0.2, 0) is 6.54 Å². The van der Waals surface area contributed by atoms with Gasteiger partial charge < -0.3 is 9.80 Å². The minimum absolute atomic E-state index is 0.0827. The molecule has 0 spiro atoms. The van der Waals surface area contributed by atoms with E-state index in [1.807, 2.05) is 26.2 Å². The third-order valence-electron chi connectivity index (χ3n) is 6.17. The van der Waals surface area contributed by atoms with Crippen LogP contribution in [-0.4, -0.2) is 54.5 Å². The second kappa shape index (κ2) is 7.55. The van der Waals surface area contributed by atoms with Crippen LogP contribution in [0.1, 0.15) is 22.7 Å².